The monoisotopic (exact) mass is 314 g/mol. The Labute approximate surface area is 134 Å². The molecule has 0 fully saturated rings. The highest BCUT2D eigenvalue weighted by molar-refractivity contribution is 7.10. The van der Waals surface area contributed by atoms with Crippen LogP contribution in [0.1, 0.15) is 89.0 Å². The van der Waals surface area contributed by atoms with Crippen LogP contribution in [0.4, 0.5) is 0 Å². The lowest BCUT2D eigenvalue weighted by Crippen LogP contribution is -2.21. The highest BCUT2D eigenvalue weighted by atomic mass is 35.5. The van der Waals surface area contributed by atoms with Gasteiger partial charge in [0.2, 0.25) is 0 Å². The van der Waals surface area contributed by atoms with E-state index in [0.29, 0.717) is 5.41 Å². The van der Waals surface area contributed by atoms with Gasteiger partial charge in [-0.1, -0.05) is 77.3 Å². The van der Waals surface area contributed by atoms with Gasteiger partial charge in [-0.3, -0.25) is 0 Å². The molecule has 1 atom stereocenters. The van der Waals surface area contributed by atoms with Gasteiger partial charge in [0.05, 0.1) is 5.02 Å². The third-order valence-electron chi connectivity index (χ3n) is 4.44. The lowest BCUT2D eigenvalue weighted by Gasteiger charge is -2.30. The minimum Gasteiger partial charge on any atom is -0.146 e. The summed E-state index contributed by atoms with van der Waals surface area (Å²) in [7, 11) is 0. The predicted octanol–water partition coefficient (Wildman–Crippen LogP) is 7.52. The minimum absolute atomic E-state index is 0.338. The van der Waals surface area contributed by atoms with Crippen molar-refractivity contribution in [3.63, 3.8) is 0 Å². The zero-order valence-electron chi connectivity index (χ0n) is 13.7. The first-order chi connectivity index (χ1) is 9.55. The highest BCUT2D eigenvalue weighted by Crippen LogP contribution is 2.42. The average Bonchev–Trinajstić information content (AvgIpc) is 2.76. The Bertz CT molecular complexity index is 383. The maximum Gasteiger partial charge on any atom is 0.0545 e. The van der Waals surface area contributed by atoms with Crippen molar-refractivity contribution in [2.75, 3.05) is 0 Å². The molecule has 1 unspecified atom stereocenters. The molecule has 1 aromatic heterocycles. The van der Waals surface area contributed by atoms with Crippen molar-refractivity contribution in [2.45, 2.75) is 90.9 Å². The standard InChI is InChI=1S/C18H31ClS/c1-5-7-9-11-13-18(4,12-10-8-6-2)17-15(3)16(19)14-20-17/h14H,5-13H2,1-4H3. The average molecular weight is 315 g/mol. The van der Waals surface area contributed by atoms with Gasteiger partial charge in [0.15, 0.2) is 0 Å². The molecule has 0 nitrogen and oxygen atoms in total. The Kier molecular flexibility index (Phi) is 8.21. The largest absolute Gasteiger partial charge is 0.146 e. The summed E-state index contributed by atoms with van der Waals surface area (Å²) in [6.07, 6.45) is 12.0. The first-order valence-electron chi connectivity index (χ1n) is 8.29. The zero-order chi connectivity index (χ0) is 15.0. The van der Waals surface area contributed by atoms with Crippen LogP contribution in [0.15, 0.2) is 5.38 Å². The van der Waals surface area contributed by atoms with E-state index < -0.39 is 0 Å². The fraction of sp³-hybridized carbons (Fsp3) is 0.778. The maximum absolute atomic E-state index is 6.29. The molecule has 0 N–H and O–H groups in total. The molecule has 0 saturated heterocycles. The van der Waals surface area contributed by atoms with E-state index >= 15 is 0 Å². The smallest absolute Gasteiger partial charge is 0.0545 e. The Morgan fingerprint density at radius 3 is 2.05 bits per heavy atom. The van der Waals surface area contributed by atoms with Gasteiger partial charge in [-0.25, -0.2) is 0 Å². The van der Waals surface area contributed by atoms with Crippen LogP contribution in [0.2, 0.25) is 5.02 Å². The minimum atomic E-state index is 0.338. The summed E-state index contributed by atoms with van der Waals surface area (Å²) in [5, 5.41) is 3.08. The Morgan fingerprint density at radius 1 is 1.00 bits per heavy atom. The van der Waals surface area contributed by atoms with Gasteiger partial charge in [-0.15, -0.1) is 11.3 Å². The molecular formula is C18H31ClS. The van der Waals surface area contributed by atoms with Crippen LogP contribution in [0.5, 0.6) is 0 Å². The van der Waals surface area contributed by atoms with E-state index in [4.69, 9.17) is 11.6 Å². The molecule has 20 heavy (non-hydrogen) atoms. The molecule has 1 heterocycles. The van der Waals surface area contributed by atoms with Gasteiger partial charge in [-0.2, -0.15) is 0 Å². The fourth-order valence-corrected chi connectivity index (χ4v) is 4.51. The molecule has 0 saturated carbocycles. The topological polar surface area (TPSA) is 0 Å². The molecule has 0 aromatic carbocycles. The van der Waals surface area contributed by atoms with E-state index in [1.54, 1.807) is 0 Å². The lowest BCUT2D eigenvalue weighted by atomic mass is 9.77. The zero-order valence-corrected chi connectivity index (χ0v) is 15.3. The van der Waals surface area contributed by atoms with Crippen molar-refractivity contribution in [1.29, 1.82) is 0 Å². The van der Waals surface area contributed by atoms with Crippen LogP contribution in [0.25, 0.3) is 0 Å². The van der Waals surface area contributed by atoms with Crippen LogP contribution in [0.3, 0.4) is 0 Å². The quantitative estimate of drug-likeness (QED) is 0.392. The molecule has 0 spiro atoms. The van der Waals surface area contributed by atoms with Gasteiger partial charge in [0.25, 0.3) is 0 Å². The SMILES string of the molecule is CCCCCCC(C)(CCCCC)c1scc(Cl)c1C. The molecule has 1 aromatic rings. The van der Waals surface area contributed by atoms with Gasteiger partial charge >= 0.3 is 0 Å². The van der Waals surface area contributed by atoms with E-state index in [2.05, 4.69) is 33.1 Å². The summed E-state index contributed by atoms with van der Waals surface area (Å²) >= 11 is 8.16. The molecular weight excluding hydrogens is 284 g/mol. The van der Waals surface area contributed by atoms with Gasteiger partial charge in [0, 0.05) is 15.7 Å². The van der Waals surface area contributed by atoms with E-state index in [0.717, 1.165) is 5.02 Å². The summed E-state index contributed by atoms with van der Waals surface area (Å²) in [6.45, 7) is 9.22. The summed E-state index contributed by atoms with van der Waals surface area (Å²) in [6, 6.07) is 0. The van der Waals surface area contributed by atoms with Gasteiger partial charge < -0.3 is 0 Å². The summed E-state index contributed by atoms with van der Waals surface area (Å²) < 4.78 is 0. The van der Waals surface area contributed by atoms with E-state index in [1.807, 2.05) is 11.3 Å². The molecule has 0 aliphatic rings. The molecule has 0 bridgehead atoms. The maximum atomic E-state index is 6.29. The molecule has 2 heteroatoms. The van der Waals surface area contributed by atoms with Crippen molar-refractivity contribution < 1.29 is 0 Å². The third kappa shape index (κ3) is 5.07. The number of hydrogen-bond donors (Lipinski definition) is 0. The van der Waals surface area contributed by atoms with Crippen molar-refractivity contribution in [1.82, 2.24) is 0 Å². The summed E-state index contributed by atoms with van der Waals surface area (Å²) in [5.41, 5.74) is 1.66. The lowest BCUT2D eigenvalue weighted by molar-refractivity contribution is 0.371. The molecule has 0 amide bonds. The van der Waals surface area contributed by atoms with E-state index in [1.165, 1.54) is 68.2 Å². The van der Waals surface area contributed by atoms with E-state index in [-0.39, 0.29) is 0 Å². The van der Waals surface area contributed by atoms with Crippen LogP contribution >= 0.6 is 22.9 Å². The number of thiophene rings is 1. The van der Waals surface area contributed by atoms with Crippen molar-refractivity contribution in [2.24, 2.45) is 0 Å². The molecule has 0 aliphatic heterocycles. The number of rotatable bonds is 10. The fourth-order valence-electron chi connectivity index (χ4n) is 3.05. The van der Waals surface area contributed by atoms with Crippen LogP contribution < -0.4 is 0 Å². The molecule has 0 radical (unpaired) electrons. The summed E-state index contributed by atoms with van der Waals surface area (Å²) in [4.78, 5) is 1.54. The second-order valence-corrected chi connectivity index (χ2v) is 7.65. The Morgan fingerprint density at radius 2 is 1.55 bits per heavy atom. The highest BCUT2D eigenvalue weighted by Gasteiger charge is 2.29. The van der Waals surface area contributed by atoms with Crippen LogP contribution in [0, 0.1) is 6.92 Å². The predicted molar refractivity (Wildman–Crippen MR) is 94.3 cm³/mol. The number of unbranched alkanes of at least 4 members (excludes halogenated alkanes) is 5. The van der Waals surface area contributed by atoms with Crippen LogP contribution in [-0.4, -0.2) is 0 Å². The van der Waals surface area contributed by atoms with Crippen molar-refractivity contribution >= 4 is 22.9 Å². The Balaban J connectivity index is 2.74. The Hall–Kier alpha value is -0.0100. The number of halogens is 1. The third-order valence-corrected chi connectivity index (χ3v) is 6.35. The van der Waals surface area contributed by atoms with Crippen LogP contribution in [-0.2, 0) is 5.41 Å². The second kappa shape index (κ2) is 9.10. The second-order valence-electron chi connectivity index (χ2n) is 6.37. The first-order valence-corrected chi connectivity index (χ1v) is 9.55. The van der Waals surface area contributed by atoms with Gasteiger partial charge in [-0.05, 0) is 25.3 Å². The molecule has 1 rings (SSSR count). The van der Waals surface area contributed by atoms with Gasteiger partial charge in [0.1, 0.15) is 0 Å². The number of hydrogen-bond acceptors (Lipinski definition) is 1. The normalized spacial score (nSPS) is 14.4. The molecule has 0 aliphatic carbocycles. The summed E-state index contributed by atoms with van der Waals surface area (Å²) in [5.74, 6) is 0. The first kappa shape index (κ1) is 18.0. The van der Waals surface area contributed by atoms with E-state index in [9.17, 15) is 0 Å². The van der Waals surface area contributed by atoms with Crippen molar-refractivity contribution in [3.8, 4) is 0 Å². The molecule has 116 valence electrons. The van der Waals surface area contributed by atoms with Crippen molar-refractivity contribution in [3.05, 3.63) is 20.8 Å².